The van der Waals surface area contributed by atoms with Gasteiger partial charge in [-0.05, 0) is 30.2 Å². The fraction of sp³-hybridized carbons (Fsp3) is 0.350. The summed E-state index contributed by atoms with van der Waals surface area (Å²) in [6.07, 6.45) is 1.49. The average Bonchev–Trinajstić information content (AvgIpc) is 2.66. The van der Waals surface area contributed by atoms with Gasteiger partial charge in [0, 0.05) is 12.8 Å². The molecule has 0 amide bonds. The lowest BCUT2D eigenvalue weighted by Gasteiger charge is -2.12. The zero-order chi connectivity index (χ0) is 17.9. The predicted octanol–water partition coefficient (Wildman–Crippen LogP) is 3.65. The maximum atomic E-state index is 11.9. The molecular formula is C20H24O5. The molecule has 0 fully saturated rings. The molecule has 0 saturated carbocycles. The zero-order valence-electron chi connectivity index (χ0n) is 14.7. The normalized spacial score (nSPS) is 10.2. The predicted molar refractivity (Wildman–Crippen MR) is 95.4 cm³/mol. The molecule has 2 aromatic rings. The van der Waals surface area contributed by atoms with Gasteiger partial charge in [-0.3, -0.25) is 4.79 Å². The minimum Gasteiger partial charge on any atom is -0.493 e. The Morgan fingerprint density at radius 3 is 2.44 bits per heavy atom. The number of esters is 1. The van der Waals surface area contributed by atoms with Gasteiger partial charge in [-0.15, -0.1) is 0 Å². The Kier molecular flexibility index (Phi) is 7.63. The van der Waals surface area contributed by atoms with Crippen LogP contribution in [-0.4, -0.2) is 33.4 Å². The maximum absolute atomic E-state index is 11.9. The average molecular weight is 344 g/mol. The Morgan fingerprint density at radius 2 is 1.72 bits per heavy atom. The first-order valence-electron chi connectivity index (χ1n) is 8.28. The van der Waals surface area contributed by atoms with Gasteiger partial charge >= 0.3 is 5.97 Å². The van der Waals surface area contributed by atoms with E-state index in [1.165, 1.54) is 0 Å². The monoisotopic (exact) mass is 344 g/mol. The topological polar surface area (TPSA) is 54.0 Å². The summed E-state index contributed by atoms with van der Waals surface area (Å²) < 4.78 is 21.4. The van der Waals surface area contributed by atoms with Gasteiger partial charge in [0.1, 0.15) is 5.75 Å². The maximum Gasteiger partial charge on any atom is 0.306 e. The number of methoxy groups -OCH3 is 2. The lowest BCUT2D eigenvalue weighted by Crippen LogP contribution is -2.10. The van der Waals surface area contributed by atoms with Crippen LogP contribution < -0.4 is 14.2 Å². The molecule has 0 saturated heterocycles. The van der Waals surface area contributed by atoms with Crippen molar-refractivity contribution in [2.24, 2.45) is 0 Å². The molecular weight excluding hydrogens is 320 g/mol. The van der Waals surface area contributed by atoms with Crippen molar-refractivity contribution >= 4 is 5.97 Å². The van der Waals surface area contributed by atoms with Gasteiger partial charge in [-0.25, -0.2) is 0 Å². The van der Waals surface area contributed by atoms with E-state index >= 15 is 0 Å². The summed E-state index contributed by atoms with van der Waals surface area (Å²) in [6.45, 7) is 0.863. The van der Waals surface area contributed by atoms with E-state index in [4.69, 9.17) is 18.9 Å². The lowest BCUT2D eigenvalue weighted by atomic mass is 10.1. The summed E-state index contributed by atoms with van der Waals surface area (Å²) in [5.74, 6) is 1.91. The van der Waals surface area contributed by atoms with Crippen LogP contribution in [0.3, 0.4) is 0 Å². The van der Waals surface area contributed by atoms with Gasteiger partial charge in [0.05, 0.1) is 27.4 Å². The third-order valence-corrected chi connectivity index (χ3v) is 3.65. The Hall–Kier alpha value is -2.69. The molecule has 2 rings (SSSR count). The minimum absolute atomic E-state index is 0.232. The van der Waals surface area contributed by atoms with Crippen molar-refractivity contribution in [2.75, 3.05) is 27.4 Å². The number of aryl methyl sites for hydroxylation is 1. The Labute approximate surface area is 148 Å². The fourth-order valence-electron chi connectivity index (χ4n) is 2.41. The first kappa shape index (κ1) is 18.6. The number of carbonyl (C=O) groups is 1. The van der Waals surface area contributed by atoms with Crippen LogP contribution in [-0.2, 0) is 16.0 Å². The molecule has 0 radical (unpaired) electrons. The van der Waals surface area contributed by atoms with Gasteiger partial charge in [-0.2, -0.15) is 0 Å². The molecule has 5 nitrogen and oxygen atoms in total. The minimum atomic E-state index is -0.232. The number of hydrogen-bond donors (Lipinski definition) is 0. The third kappa shape index (κ3) is 6.03. The van der Waals surface area contributed by atoms with Crippen molar-refractivity contribution < 1.29 is 23.7 Å². The van der Waals surface area contributed by atoms with Crippen LogP contribution in [0.2, 0.25) is 0 Å². The van der Waals surface area contributed by atoms with Crippen molar-refractivity contribution in [3.63, 3.8) is 0 Å². The van der Waals surface area contributed by atoms with Crippen LogP contribution in [0.5, 0.6) is 17.2 Å². The molecule has 0 unspecified atom stereocenters. The van der Waals surface area contributed by atoms with Crippen molar-refractivity contribution in [1.82, 2.24) is 0 Å². The van der Waals surface area contributed by atoms with E-state index in [2.05, 4.69) is 0 Å². The second-order valence-electron chi connectivity index (χ2n) is 5.39. The summed E-state index contributed by atoms with van der Waals surface area (Å²) in [5.41, 5.74) is 0.922. The van der Waals surface area contributed by atoms with E-state index in [0.29, 0.717) is 44.0 Å². The number of benzene rings is 2. The number of hydrogen-bond acceptors (Lipinski definition) is 5. The van der Waals surface area contributed by atoms with E-state index in [0.717, 1.165) is 11.3 Å². The molecule has 0 N–H and O–H groups in total. The smallest absolute Gasteiger partial charge is 0.306 e. The molecule has 25 heavy (non-hydrogen) atoms. The summed E-state index contributed by atoms with van der Waals surface area (Å²) in [6, 6.07) is 15.2. The highest BCUT2D eigenvalue weighted by molar-refractivity contribution is 5.70. The van der Waals surface area contributed by atoms with Gasteiger partial charge in [-0.1, -0.05) is 30.3 Å². The van der Waals surface area contributed by atoms with Crippen molar-refractivity contribution in [1.29, 1.82) is 0 Å². The van der Waals surface area contributed by atoms with Crippen molar-refractivity contribution in [3.05, 3.63) is 54.1 Å². The lowest BCUT2D eigenvalue weighted by molar-refractivity contribution is -0.143. The Bertz CT molecular complexity index is 654. The van der Waals surface area contributed by atoms with Crippen LogP contribution in [0.15, 0.2) is 48.5 Å². The summed E-state index contributed by atoms with van der Waals surface area (Å²) >= 11 is 0. The van der Waals surface area contributed by atoms with Gasteiger partial charge in [0.15, 0.2) is 11.5 Å². The SMILES string of the molecule is COc1cccc(CCC(=O)OCCCOc2ccccc2)c1OC. The van der Waals surface area contributed by atoms with E-state index in [9.17, 15) is 4.79 Å². The molecule has 0 aliphatic carbocycles. The van der Waals surface area contributed by atoms with E-state index < -0.39 is 0 Å². The summed E-state index contributed by atoms with van der Waals surface area (Å²) in [7, 11) is 3.18. The third-order valence-electron chi connectivity index (χ3n) is 3.65. The molecule has 0 aliphatic heterocycles. The molecule has 5 heteroatoms. The number of para-hydroxylation sites is 2. The molecule has 0 aromatic heterocycles. The standard InChI is InChI=1S/C20H24O5/c1-22-18-11-6-8-16(20(18)23-2)12-13-19(21)25-15-7-14-24-17-9-4-3-5-10-17/h3-6,8-11H,7,12-15H2,1-2H3. The second-order valence-corrected chi connectivity index (χ2v) is 5.39. The first-order chi connectivity index (χ1) is 12.2. The number of rotatable bonds is 10. The summed E-state index contributed by atoms with van der Waals surface area (Å²) in [4.78, 5) is 11.9. The van der Waals surface area contributed by atoms with Gasteiger partial charge in [0.25, 0.3) is 0 Å². The van der Waals surface area contributed by atoms with Crippen LogP contribution in [0.1, 0.15) is 18.4 Å². The molecule has 134 valence electrons. The molecule has 0 atom stereocenters. The van der Waals surface area contributed by atoms with Crippen molar-refractivity contribution in [3.8, 4) is 17.2 Å². The quantitative estimate of drug-likeness (QED) is 0.486. The highest BCUT2D eigenvalue weighted by atomic mass is 16.5. The fourth-order valence-corrected chi connectivity index (χ4v) is 2.41. The molecule has 0 heterocycles. The molecule has 2 aromatic carbocycles. The number of carbonyl (C=O) groups excluding carboxylic acids is 1. The van der Waals surface area contributed by atoms with E-state index in [1.54, 1.807) is 14.2 Å². The Morgan fingerprint density at radius 1 is 0.920 bits per heavy atom. The highest BCUT2D eigenvalue weighted by Gasteiger charge is 2.11. The molecule has 0 bridgehead atoms. The summed E-state index contributed by atoms with van der Waals surface area (Å²) in [5, 5.41) is 0. The van der Waals surface area contributed by atoms with E-state index in [-0.39, 0.29) is 5.97 Å². The van der Waals surface area contributed by atoms with Crippen molar-refractivity contribution in [2.45, 2.75) is 19.3 Å². The van der Waals surface area contributed by atoms with Crippen LogP contribution in [0, 0.1) is 0 Å². The van der Waals surface area contributed by atoms with Gasteiger partial charge < -0.3 is 18.9 Å². The Balaban J connectivity index is 1.67. The van der Waals surface area contributed by atoms with E-state index in [1.807, 2.05) is 48.5 Å². The molecule has 0 aliphatic rings. The zero-order valence-corrected chi connectivity index (χ0v) is 14.7. The number of ether oxygens (including phenoxy) is 4. The molecule has 0 spiro atoms. The first-order valence-corrected chi connectivity index (χ1v) is 8.28. The largest absolute Gasteiger partial charge is 0.493 e. The highest BCUT2D eigenvalue weighted by Crippen LogP contribution is 2.31. The van der Waals surface area contributed by atoms with Crippen LogP contribution in [0.25, 0.3) is 0 Å². The van der Waals surface area contributed by atoms with Crippen LogP contribution in [0.4, 0.5) is 0 Å². The van der Waals surface area contributed by atoms with Crippen LogP contribution >= 0.6 is 0 Å². The van der Waals surface area contributed by atoms with Gasteiger partial charge in [0.2, 0.25) is 0 Å². The second kappa shape index (κ2) is 10.2.